The highest BCUT2D eigenvalue weighted by atomic mass is 15.0. The molecule has 4 aromatic rings. The number of benzene rings is 1. The molecule has 3 aromatic heterocycles. The summed E-state index contributed by atoms with van der Waals surface area (Å²) in [5.41, 5.74) is 8.48. The molecule has 30 heavy (non-hydrogen) atoms. The van der Waals surface area contributed by atoms with E-state index in [1.807, 2.05) is 24.5 Å². The van der Waals surface area contributed by atoms with Crippen molar-refractivity contribution >= 4 is 17.2 Å². The quantitative estimate of drug-likeness (QED) is 0.391. The number of aryl methyl sites for hydroxylation is 1. The molecule has 1 aliphatic rings. The molecular weight excluding hydrogens is 370 g/mol. The Morgan fingerprint density at radius 2 is 1.83 bits per heavy atom. The summed E-state index contributed by atoms with van der Waals surface area (Å²) in [6.45, 7) is 0.695. The Balaban J connectivity index is 1.47. The number of aromatic nitrogens is 3. The lowest BCUT2D eigenvalue weighted by atomic mass is 9.96. The highest BCUT2D eigenvalue weighted by Crippen LogP contribution is 2.39. The second kappa shape index (κ2) is 8.41. The molecule has 5 rings (SSSR count). The minimum Gasteiger partial charge on any atom is -0.366 e. The van der Waals surface area contributed by atoms with E-state index in [9.17, 15) is 0 Å². The molecule has 3 heterocycles. The van der Waals surface area contributed by atoms with E-state index >= 15 is 0 Å². The van der Waals surface area contributed by atoms with Gasteiger partial charge in [0.25, 0.3) is 0 Å². The van der Waals surface area contributed by atoms with Crippen molar-refractivity contribution in [3.05, 3.63) is 90.0 Å². The zero-order chi connectivity index (χ0) is 20.2. The normalized spacial score (nSPS) is 12.9. The number of anilines is 3. The fourth-order valence-electron chi connectivity index (χ4n) is 4.08. The molecule has 0 amide bonds. The molecule has 0 atom stereocenters. The van der Waals surface area contributed by atoms with E-state index in [4.69, 9.17) is 0 Å². The van der Waals surface area contributed by atoms with E-state index in [1.165, 1.54) is 29.8 Å². The number of nitrogens with one attached hydrogen (secondary N) is 3. The third-order valence-electron chi connectivity index (χ3n) is 5.58. The molecule has 0 aliphatic heterocycles. The Morgan fingerprint density at radius 3 is 2.70 bits per heavy atom. The summed E-state index contributed by atoms with van der Waals surface area (Å²) in [4.78, 5) is 12.4. The summed E-state index contributed by atoms with van der Waals surface area (Å²) >= 11 is 0. The van der Waals surface area contributed by atoms with Crippen LogP contribution in [0.1, 0.15) is 29.7 Å². The van der Waals surface area contributed by atoms with Crippen molar-refractivity contribution in [2.24, 2.45) is 0 Å². The summed E-state index contributed by atoms with van der Waals surface area (Å²) in [6.07, 6.45) is 10.2. The zero-order valence-corrected chi connectivity index (χ0v) is 16.9. The van der Waals surface area contributed by atoms with Gasteiger partial charge >= 0.3 is 0 Å². The Kier molecular flexibility index (Phi) is 5.17. The van der Waals surface area contributed by atoms with Crippen LogP contribution in [0.2, 0.25) is 0 Å². The lowest BCUT2D eigenvalue weighted by Gasteiger charge is -2.14. The van der Waals surface area contributed by atoms with Crippen molar-refractivity contribution in [2.45, 2.75) is 32.2 Å². The minimum atomic E-state index is 0.695. The molecule has 0 bridgehead atoms. The van der Waals surface area contributed by atoms with Gasteiger partial charge in [-0.2, -0.15) is 0 Å². The van der Waals surface area contributed by atoms with Gasteiger partial charge in [-0.05, 0) is 67.1 Å². The van der Waals surface area contributed by atoms with Crippen LogP contribution in [-0.2, 0) is 19.4 Å². The molecule has 5 heteroatoms. The zero-order valence-electron chi connectivity index (χ0n) is 16.9. The average molecular weight is 396 g/mol. The molecule has 0 radical (unpaired) electrons. The van der Waals surface area contributed by atoms with Crippen LogP contribution >= 0.6 is 0 Å². The molecule has 5 nitrogen and oxygen atoms in total. The average Bonchev–Trinajstić information content (AvgIpc) is 3.18. The molecule has 0 saturated heterocycles. The second-order valence-corrected chi connectivity index (χ2v) is 7.67. The number of hydrogen-bond donors (Lipinski definition) is 3. The number of para-hydroxylation sites is 1. The topological polar surface area (TPSA) is 65.6 Å². The van der Waals surface area contributed by atoms with E-state index in [1.54, 1.807) is 6.20 Å². The SMILES string of the molecule is c1ccc(Nc2c(-c3ccnc(NCc4cccnc4)c3)[nH]c3c2CCCC3)cc1. The number of hydrogen-bond acceptors (Lipinski definition) is 4. The van der Waals surface area contributed by atoms with Gasteiger partial charge in [-0.1, -0.05) is 24.3 Å². The van der Waals surface area contributed by atoms with Gasteiger partial charge in [-0.25, -0.2) is 4.98 Å². The monoisotopic (exact) mass is 395 g/mol. The van der Waals surface area contributed by atoms with Gasteiger partial charge in [-0.15, -0.1) is 0 Å². The number of fused-ring (bicyclic) bond motifs is 1. The van der Waals surface area contributed by atoms with Crippen LogP contribution in [0.3, 0.4) is 0 Å². The van der Waals surface area contributed by atoms with Crippen molar-refractivity contribution < 1.29 is 0 Å². The maximum Gasteiger partial charge on any atom is 0.126 e. The maximum absolute atomic E-state index is 4.51. The van der Waals surface area contributed by atoms with E-state index in [-0.39, 0.29) is 0 Å². The summed E-state index contributed by atoms with van der Waals surface area (Å²) in [7, 11) is 0. The maximum atomic E-state index is 4.51. The van der Waals surface area contributed by atoms with Gasteiger partial charge in [0.2, 0.25) is 0 Å². The van der Waals surface area contributed by atoms with Crippen LogP contribution in [-0.4, -0.2) is 15.0 Å². The van der Waals surface area contributed by atoms with Crippen LogP contribution in [0.5, 0.6) is 0 Å². The third kappa shape index (κ3) is 3.92. The molecule has 1 aromatic carbocycles. The van der Waals surface area contributed by atoms with Crippen LogP contribution in [0.15, 0.2) is 73.2 Å². The number of nitrogens with zero attached hydrogens (tertiary/aromatic N) is 2. The fourth-order valence-corrected chi connectivity index (χ4v) is 4.08. The summed E-state index contributed by atoms with van der Waals surface area (Å²) in [6, 6.07) is 18.6. The Bertz CT molecular complexity index is 1120. The number of rotatable bonds is 6. The Labute approximate surface area is 176 Å². The van der Waals surface area contributed by atoms with Gasteiger partial charge in [0.15, 0.2) is 0 Å². The summed E-state index contributed by atoms with van der Waals surface area (Å²) in [5.74, 6) is 0.856. The largest absolute Gasteiger partial charge is 0.366 e. The van der Waals surface area contributed by atoms with Crippen LogP contribution in [0.25, 0.3) is 11.3 Å². The first-order chi connectivity index (χ1) is 14.9. The molecule has 0 spiro atoms. The van der Waals surface area contributed by atoms with E-state index in [0.29, 0.717) is 6.54 Å². The van der Waals surface area contributed by atoms with E-state index < -0.39 is 0 Å². The first-order valence-corrected chi connectivity index (χ1v) is 10.5. The molecule has 150 valence electrons. The smallest absolute Gasteiger partial charge is 0.126 e. The molecule has 1 aliphatic carbocycles. The van der Waals surface area contributed by atoms with Crippen molar-refractivity contribution in [3.63, 3.8) is 0 Å². The predicted octanol–water partition coefficient (Wildman–Crippen LogP) is 5.71. The van der Waals surface area contributed by atoms with E-state index in [2.05, 4.69) is 68.1 Å². The third-order valence-corrected chi connectivity index (χ3v) is 5.58. The molecular formula is C25H25N5. The first kappa shape index (κ1) is 18.4. The first-order valence-electron chi connectivity index (χ1n) is 10.5. The van der Waals surface area contributed by atoms with Crippen molar-refractivity contribution in [1.82, 2.24) is 15.0 Å². The molecule has 0 saturated carbocycles. The van der Waals surface area contributed by atoms with Gasteiger partial charge in [-0.3, -0.25) is 4.98 Å². The minimum absolute atomic E-state index is 0.695. The van der Waals surface area contributed by atoms with Gasteiger partial charge < -0.3 is 15.6 Å². The van der Waals surface area contributed by atoms with E-state index in [0.717, 1.165) is 41.2 Å². The number of pyridine rings is 2. The lowest BCUT2D eigenvalue weighted by Crippen LogP contribution is -2.02. The Morgan fingerprint density at radius 1 is 0.933 bits per heavy atom. The summed E-state index contributed by atoms with van der Waals surface area (Å²) < 4.78 is 0. The number of H-pyrrole nitrogens is 1. The standard InChI is InChI=1S/C25H25N5/c1-2-8-20(9-3-1)29-25-21-10-4-5-11-22(21)30-24(25)19-12-14-27-23(15-19)28-17-18-7-6-13-26-16-18/h1-3,6-9,12-16,29-30H,4-5,10-11,17H2,(H,27,28). The van der Waals surface area contributed by atoms with Gasteiger partial charge in [0, 0.05) is 42.1 Å². The van der Waals surface area contributed by atoms with Gasteiger partial charge in [0.1, 0.15) is 5.82 Å². The molecule has 0 unspecified atom stereocenters. The Hall–Kier alpha value is -3.60. The van der Waals surface area contributed by atoms with Crippen LogP contribution in [0.4, 0.5) is 17.2 Å². The van der Waals surface area contributed by atoms with Crippen LogP contribution in [0, 0.1) is 0 Å². The molecule has 0 fully saturated rings. The predicted molar refractivity (Wildman–Crippen MR) is 122 cm³/mol. The van der Waals surface area contributed by atoms with Crippen molar-refractivity contribution in [2.75, 3.05) is 10.6 Å². The highest BCUT2D eigenvalue weighted by Gasteiger charge is 2.21. The van der Waals surface area contributed by atoms with Crippen LogP contribution < -0.4 is 10.6 Å². The lowest BCUT2D eigenvalue weighted by molar-refractivity contribution is 0.678. The van der Waals surface area contributed by atoms with Gasteiger partial charge in [0.05, 0.1) is 11.4 Å². The van der Waals surface area contributed by atoms with Crippen molar-refractivity contribution in [3.8, 4) is 11.3 Å². The second-order valence-electron chi connectivity index (χ2n) is 7.67. The fraction of sp³-hybridized carbons (Fsp3) is 0.200. The number of aromatic amines is 1. The highest BCUT2D eigenvalue weighted by molar-refractivity contribution is 5.83. The molecule has 3 N–H and O–H groups in total. The summed E-state index contributed by atoms with van der Waals surface area (Å²) in [5, 5.41) is 7.09. The van der Waals surface area contributed by atoms with Crippen molar-refractivity contribution in [1.29, 1.82) is 0 Å².